The van der Waals surface area contributed by atoms with Crippen LogP contribution in [0.2, 0.25) is 0 Å². The van der Waals surface area contributed by atoms with E-state index in [0.717, 1.165) is 52.4 Å². The highest BCUT2D eigenvalue weighted by Gasteiger charge is 2.23. The molecular formula is C23H26N4O4S2. The van der Waals surface area contributed by atoms with Crippen LogP contribution in [0.3, 0.4) is 0 Å². The molecule has 0 saturated carbocycles. The number of amides is 1. The fourth-order valence-electron chi connectivity index (χ4n) is 3.92. The van der Waals surface area contributed by atoms with Crippen molar-refractivity contribution in [3.63, 3.8) is 0 Å². The van der Waals surface area contributed by atoms with Gasteiger partial charge in [-0.15, -0.1) is 21.5 Å². The molecule has 2 aliphatic rings. The predicted molar refractivity (Wildman–Crippen MR) is 127 cm³/mol. The summed E-state index contributed by atoms with van der Waals surface area (Å²) in [4.78, 5) is 15.7. The number of rotatable bonds is 8. The Morgan fingerprint density at radius 1 is 1.21 bits per heavy atom. The number of benzene rings is 1. The van der Waals surface area contributed by atoms with E-state index in [-0.39, 0.29) is 17.8 Å². The number of hydrogen-bond donors (Lipinski definition) is 0. The Kier molecular flexibility index (Phi) is 6.84. The number of fused-ring (bicyclic) bond motifs is 1. The molecule has 2 aliphatic heterocycles. The molecule has 5 rings (SSSR count). The predicted octanol–water partition coefficient (Wildman–Crippen LogP) is 3.71. The Morgan fingerprint density at radius 3 is 2.88 bits per heavy atom. The number of hydrogen-bond acceptors (Lipinski definition) is 8. The third kappa shape index (κ3) is 5.18. The van der Waals surface area contributed by atoms with Gasteiger partial charge in [-0.2, -0.15) is 0 Å². The molecule has 33 heavy (non-hydrogen) atoms. The lowest BCUT2D eigenvalue weighted by atomic mass is 10.2. The molecule has 0 spiro atoms. The summed E-state index contributed by atoms with van der Waals surface area (Å²) < 4.78 is 19.2. The summed E-state index contributed by atoms with van der Waals surface area (Å²) in [6, 6.07) is 9.86. The first-order valence-corrected chi connectivity index (χ1v) is 12.9. The van der Waals surface area contributed by atoms with E-state index < -0.39 is 0 Å². The molecule has 1 saturated heterocycles. The van der Waals surface area contributed by atoms with E-state index >= 15 is 0 Å². The van der Waals surface area contributed by atoms with E-state index in [1.807, 2.05) is 42.8 Å². The summed E-state index contributed by atoms with van der Waals surface area (Å²) in [6.45, 7) is 3.10. The van der Waals surface area contributed by atoms with Crippen LogP contribution in [0.15, 0.2) is 40.9 Å². The highest BCUT2D eigenvalue weighted by Crippen LogP contribution is 2.32. The van der Waals surface area contributed by atoms with Crippen LogP contribution in [0.25, 0.3) is 10.7 Å². The van der Waals surface area contributed by atoms with E-state index in [4.69, 9.17) is 14.2 Å². The first kappa shape index (κ1) is 22.2. The normalized spacial score (nSPS) is 17.3. The Balaban J connectivity index is 1.24. The van der Waals surface area contributed by atoms with Crippen molar-refractivity contribution in [2.24, 2.45) is 0 Å². The molecule has 0 bridgehead atoms. The van der Waals surface area contributed by atoms with Crippen molar-refractivity contribution in [1.29, 1.82) is 0 Å². The number of thiophene rings is 1. The lowest BCUT2D eigenvalue weighted by Gasteiger charge is -2.21. The first-order chi connectivity index (χ1) is 16.2. The van der Waals surface area contributed by atoms with Crippen LogP contribution >= 0.6 is 23.1 Å². The highest BCUT2D eigenvalue weighted by atomic mass is 32.2. The fraction of sp³-hybridized carbons (Fsp3) is 0.435. The average Bonchev–Trinajstić information content (AvgIpc) is 3.60. The molecule has 0 aliphatic carbocycles. The van der Waals surface area contributed by atoms with Gasteiger partial charge in [0.2, 0.25) is 5.91 Å². The molecule has 4 heterocycles. The largest absolute Gasteiger partial charge is 0.486 e. The van der Waals surface area contributed by atoms with Crippen molar-refractivity contribution in [3.05, 3.63) is 41.3 Å². The summed E-state index contributed by atoms with van der Waals surface area (Å²) in [6.07, 6.45) is 2.27. The zero-order valence-electron chi connectivity index (χ0n) is 18.4. The number of carbonyl (C=O) groups is 1. The van der Waals surface area contributed by atoms with Gasteiger partial charge in [0.25, 0.3) is 0 Å². The quantitative estimate of drug-likeness (QED) is 0.449. The van der Waals surface area contributed by atoms with Gasteiger partial charge in [-0.25, -0.2) is 0 Å². The molecule has 2 aromatic heterocycles. The molecule has 1 fully saturated rings. The van der Waals surface area contributed by atoms with Crippen molar-refractivity contribution in [2.45, 2.75) is 37.2 Å². The number of thioether (sulfide) groups is 1. The highest BCUT2D eigenvalue weighted by molar-refractivity contribution is 7.99. The molecule has 8 nitrogen and oxygen atoms in total. The second-order valence-corrected chi connectivity index (χ2v) is 9.94. The maximum Gasteiger partial charge on any atom is 0.233 e. The van der Waals surface area contributed by atoms with E-state index in [1.165, 1.54) is 11.8 Å². The summed E-state index contributed by atoms with van der Waals surface area (Å²) in [5.41, 5.74) is 1.00. The van der Waals surface area contributed by atoms with Gasteiger partial charge < -0.3 is 19.1 Å². The van der Waals surface area contributed by atoms with Crippen LogP contribution in [-0.4, -0.2) is 64.3 Å². The Hall–Kier alpha value is -2.56. The number of nitrogens with zero attached hydrogens (tertiary/aromatic N) is 4. The van der Waals surface area contributed by atoms with Gasteiger partial charge >= 0.3 is 0 Å². The van der Waals surface area contributed by atoms with Crippen LogP contribution in [0.5, 0.6) is 11.5 Å². The molecule has 0 radical (unpaired) electrons. The third-order valence-corrected chi connectivity index (χ3v) is 7.46. The minimum absolute atomic E-state index is 0.0271. The number of aromatic nitrogens is 3. The van der Waals surface area contributed by atoms with Crippen molar-refractivity contribution >= 4 is 29.0 Å². The van der Waals surface area contributed by atoms with Crippen LogP contribution in [-0.2, 0) is 22.6 Å². The van der Waals surface area contributed by atoms with Crippen molar-refractivity contribution < 1.29 is 19.0 Å². The van der Waals surface area contributed by atoms with Crippen molar-refractivity contribution in [1.82, 2.24) is 19.7 Å². The average molecular weight is 487 g/mol. The van der Waals surface area contributed by atoms with Crippen LogP contribution < -0.4 is 9.47 Å². The molecule has 174 valence electrons. The zero-order valence-corrected chi connectivity index (χ0v) is 20.1. The minimum Gasteiger partial charge on any atom is -0.486 e. The van der Waals surface area contributed by atoms with Gasteiger partial charge in [0.1, 0.15) is 13.2 Å². The minimum atomic E-state index is 0.0271. The number of ether oxygens (including phenoxy) is 3. The van der Waals surface area contributed by atoms with Crippen LogP contribution in [0.4, 0.5) is 0 Å². The smallest absolute Gasteiger partial charge is 0.233 e. The van der Waals surface area contributed by atoms with E-state index in [0.29, 0.717) is 26.3 Å². The zero-order chi connectivity index (χ0) is 22.6. The third-order valence-electron chi connectivity index (χ3n) is 5.65. The summed E-state index contributed by atoms with van der Waals surface area (Å²) >= 11 is 3.05. The van der Waals surface area contributed by atoms with Crippen molar-refractivity contribution in [2.75, 3.05) is 32.6 Å². The number of carbonyl (C=O) groups excluding carboxylic acids is 1. The second-order valence-electron chi connectivity index (χ2n) is 8.05. The standard InChI is InChI=1S/C23H26N4O4S2/c1-26(13-16-6-7-18-19(12-16)31-10-9-30-18)21(28)15-33-23-25-24-22(20-5-3-11-32-20)27(23)14-17-4-2-8-29-17/h3,5-7,11-12,17H,2,4,8-10,13-15H2,1H3. The summed E-state index contributed by atoms with van der Waals surface area (Å²) in [7, 11) is 1.81. The van der Waals surface area contributed by atoms with Gasteiger partial charge in [-0.3, -0.25) is 9.36 Å². The molecule has 1 amide bonds. The Bertz CT molecular complexity index is 1100. The molecular weight excluding hydrogens is 460 g/mol. The van der Waals surface area contributed by atoms with Gasteiger partial charge in [0.15, 0.2) is 22.5 Å². The Morgan fingerprint density at radius 2 is 2.09 bits per heavy atom. The summed E-state index contributed by atoms with van der Waals surface area (Å²) in [5.74, 6) is 2.63. The monoisotopic (exact) mass is 486 g/mol. The maximum atomic E-state index is 12.9. The lowest BCUT2D eigenvalue weighted by molar-refractivity contribution is -0.127. The Labute approximate surface area is 200 Å². The second kappa shape index (κ2) is 10.1. The van der Waals surface area contributed by atoms with Crippen LogP contribution in [0, 0.1) is 0 Å². The molecule has 0 N–H and O–H groups in total. The molecule has 1 unspecified atom stereocenters. The SMILES string of the molecule is CN(Cc1ccc2c(c1)OCCO2)C(=O)CSc1nnc(-c2cccs2)n1CC1CCCO1. The van der Waals surface area contributed by atoms with E-state index in [9.17, 15) is 4.79 Å². The lowest BCUT2D eigenvalue weighted by Crippen LogP contribution is -2.28. The molecule has 3 aromatic rings. The van der Waals surface area contributed by atoms with Gasteiger partial charge in [-0.05, 0) is 42.0 Å². The maximum absolute atomic E-state index is 12.9. The fourth-order valence-corrected chi connectivity index (χ4v) is 5.53. The van der Waals surface area contributed by atoms with Crippen LogP contribution in [0.1, 0.15) is 18.4 Å². The van der Waals surface area contributed by atoms with Gasteiger partial charge in [0.05, 0.1) is 23.3 Å². The molecule has 10 heteroatoms. The molecule has 1 atom stereocenters. The van der Waals surface area contributed by atoms with E-state index in [1.54, 1.807) is 16.2 Å². The topological polar surface area (TPSA) is 78.7 Å². The first-order valence-electron chi connectivity index (χ1n) is 11.0. The van der Waals surface area contributed by atoms with Gasteiger partial charge in [0, 0.05) is 20.2 Å². The van der Waals surface area contributed by atoms with E-state index in [2.05, 4.69) is 14.8 Å². The van der Waals surface area contributed by atoms with Crippen molar-refractivity contribution in [3.8, 4) is 22.2 Å². The molecule has 1 aromatic carbocycles. The van der Waals surface area contributed by atoms with Gasteiger partial charge in [-0.1, -0.05) is 23.9 Å². The summed E-state index contributed by atoms with van der Waals surface area (Å²) in [5, 5.41) is 11.6.